The number of ether oxygens (including phenoxy) is 1. The smallest absolute Gasteiger partial charge is 0.370 e. The molecule has 128 valence electrons. The Hall–Kier alpha value is -2.09. The first kappa shape index (κ1) is 17.3. The van der Waals surface area contributed by atoms with Crippen LogP contribution in [-0.2, 0) is 19.1 Å². The summed E-state index contributed by atoms with van der Waals surface area (Å²) in [4.78, 5) is 35.6. The average Bonchev–Trinajstić information content (AvgIpc) is 2.78. The lowest BCUT2D eigenvalue weighted by Gasteiger charge is -2.38. The number of hydrazine groups is 1. The van der Waals surface area contributed by atoms with Crippen LogP contribution in [0.15, 0.2) is 11.8 Å². The molecule has 2 rings (SSSR count). The minimum Gasteiger partial charge on any atom is -0.475 e. The molecule has 2 aliphatic heterocycles. The van der Waals surface area contributed by atoms with Crippen LogP contribution in [0.5, 0.6) is 0 Å². The van der Waals surface area contributed by atoms with E-state index in [1.165, 1.54) is 13.0 Å². The number of carbonyl (C=O) groups is 3. The highest BCUT2D eigenvalue weighted by Crippen LogP contribution is 2.27. The van der Waals surface area contributed by atoms with Crippen molar-refractivity contribution in [2.24, 2.45) is 5.92 Å². The number of amides is 2. The van der Waals surface area contributed by atoms with Crippen molar-refractivity contribution >= 4 is 17.8 Å². The van der Waals surface area contributed by atoms with E-state index in [9.17, 15) is 19.5 Å². The molecule has 0 radical (unpaired) electrons. The van der Waals surface area contributed by atoms with E-state index in [2.05, 4.69) is 5.32 Å². The third-order valence-electron chi connectivity index (χ3n) is 4.27. The zero-order valence-corrected chi connectivity index (χ0v) is 13.8. The van der Waals surface area contributed by atoms with Crippen LogP contribution in [0.2, 0.25) is 0 Å². The summed E-state index contributed by atoms with van der Waals surface area (Å²) in [6.07, 6.45) is 1.19. The van der Waals surface area contributed by atoms with Crippen LogP contribution in [0, 0.1) is 5.92 Å². The fraction of sp³-hybridized carbons (Fsp3) is 0.667. The molecule has 1 saturated heterocycles. The Morgan fingerprint density at radius 3 is 2.48 bits per heavy atom. The van der Waals surface area contributed by atoms with Gasteiger partial charge in [-0.25, -0.2) is 9.80 Å². The van der Waals surface area contributed by atoms with Crippen molar-refractivity contribution in [2.75, 3.05) is 13.6 Å². The molecule has 0 aromatic carbocycles. The normalized spacial score (nSPS) is 31.3. The van der Waals surface area contributed by atoms with Crippen molar-refractivity contribution in [3.63, 3.8) is 0 Å². The molecular weight excluding hydrogens is 302 g/mol. The van der Waals surface area contributed by atoms with E-state index in [0.29, 0.717) is 0 Å². The summed E-state index contributed by atoms with van der Waals surface area (Å²) < 4.78 is 5.43. The first-order valence-corrected chi connectivity index (χ1v) is 7.65. The maximum atomic E-state index is 12.9. The van der Waals surface area contributed by atoms with E-state index in [4.69, 9.17) is 4.74 Å². The minimum atomic E-state index is -1.22. The van der Waals surface area contributed by atoms with E-state index in [1.807, 2.05) is 6.92 Å². The molecule has 4 atom stereocenters. The Morgan fingerprint density at radius 1 is 1.35 bits per heavy atom. The lowest BCUT2D eigenvalue weighted by Crippen LogP contribution is -2.59. The molecule has 0 aromatic rings. The van der Waals surface area contributed by atoms with Crippen molar-refractivity contribution in [3.05, 3.63) is 11.8 Å². The Balaban J connectivity index is 2.31. The number of rotatable bonds is 3. The van der Waals surface area contributed by atoms with E-state index in [0.717, 1.165) is 13.0 Å². The van der Waals surface area contributed by atoms with E-state index < -0.39 is 18.1 Å². The van der Waals surface area contributed by atoms with Crippen molar-refractivity contribution in [1.29, 1.82) is 0 Å². The summed E-state index contributed by atoms with van der Waals surface area (Å²) in [6, 6.07) is -0.604. The highest BCUT2D eigenvalue weighted by molar-refractivity contribution is 5.88. The second-order valence-electron chi connectivity index (χ2n) is 6.16. The molecule has 2 N–H and O–H groups in total. The molecule has 2 heterocycles. The van der Waals surface area contributed by atoms with Gasteiger partial charge in [-0.2, -0.15) is 0 Å². The zero-order chi connectivity index (χ0) is 17.3. The summed E-state index contributed by atoms with van der Waals surface area (Å²) in [5, 5.41) is 15.3. The SMILES string of the molecule is CC(=O)N[C@@H]1[C@@H](C)C=C(C(=O)O)O[C@H]1C(=O)N1C(C)CCN1C. The van der Waals surface area contributed by atoms with Crippen molar-refractivity contribution in [3.8, 4) is 0 Å². The van der Waals surface area contributed by atoms with E-state index in [-0.39, 0.29) is 29.5 Å². The molecule has 1 unspecified atom stereocenters. The summed E-state index contributed by atoms with van der Waals surface area (Å²) in [5.41, 5.74) is 0. The second kappa shape index (κ2) is 6.57. The van der Waals surface area contributed by atoms with Crippen LogP contribution < -0.4 is 5.32 Å². The van der Waals surface area contributed by atoms with Crippen molar-refractivity contribution in [1.82, 2.24) is 15.3 Å². The van der Waals surface area contributed by atoms with Gasteiger partial charge in [-0.1, -0.05) is 6.92 Å². The Morgan fingerprint density at radius 2 is 2.00 bits per heavy atom. The van der Waals surface area contributed by atoms with Gasteiger partial charge < -0.3 is 15.2 Å². The number of carboxylic acid groups (broad SMARTS) is 1. The first-order chi connectivity index (χ1) is 10.7. The summed E-state index contributed by atoms with van der Waals surface area (Å²) >= 11 is 0. The fourth-order valence-electron chi connectivity index (χ4n) is 3.09. The standard InChI is InChI=1S/C15H23N3O5/c1-8-7-11(15(21)22)23-13(12(8)16-10(3)19)14(20)18-9(2)5-6-17(18)4/h7-9,12-13H,5-6H2,1-4H3,(H,16,19)(H,21,22)/t8-,9?,12+,13+/m0/s1. The molecule has 23 heavy (non-hydrogen) atoms. The van der Waals surface area contributed by atoms with Gasteiger partial charge in [0.1, 0.15) is 0 Å². The lowest BCUT2D eigenvalue weighted by atomic mass is 9.92. The average molecular weight is 325 g/mol. The van der Waals surface area contributed by atoms with Crippen LogP contribution >= 0.6 is 0 Å². The Kier molecular flexibility index (Phi) is 4.93. The largest absolute Gasteiger partial charge is 0.475 e. The monoisotopic (exact) mass is 325 g/mol. The van der Waals surface area contributed by atoms with Gasteiger partial charge >= 0.3 is 5.97 Å². The molecule has 2 amide bonds. The molecule has 0 saturated carbocycles. The van der Waals surface area contributed by atoms with Gasteiger partial charge in [0, 0.05) is 32.5 Å². The number of aliphatic carboxylic acids is 1. The number of carboxylic acids is 1. The Bertz CT molecular complexity index is 537. The molecular formula is C15H23N3O5. The highest BCUT2D eigenvalue weighted by atomic mass is 16.5. The highest BCUT2D eigenvalue weighted by Gasteiger charge is 2.44. The zero-order valence-electron chi connectivity index (χ0n) is 13.8. The summed E-state index contributed by atoms with van der Waals surface area (Å²) in [6.45, 7) is 5.77. The van der Waals surface area contributed by atoms with Crippen LogP contribution in [0.3, 0.4) is 0 Å². The molecule has 2 aliphatic rings. The van der Waals surface area contributed by atoms with Crippen LogP contribution in [0.4, 0.5) is 0 Å². The summed E-state index contributed by atoms with van der Waals surface area (Å²) in [7, 11) is 1.80. The van der Waals surface area contributed by atoms with E-state index >= 15 is 0 Å². The van der Waals surface area contributed by atoms with Gasteiger partial charge in [0.2, 0.25) is 11.7 Å². The molecule has 8 heteroatoms. The van der Waals surface area contributed by atoms with Crippen molar-refractivity contribution in [2.45, 2.75) is 45.4 Å². The second-order valence-corrected chi connectivity index (χ2v) is 6.16. The van der Waals surface area contributed by atoms with Crippen LogP contribution in [0.1, 0.15) is 27.2 Å². The molecule has 0 aliphatic carbocycles. The van der Waals surface area contributed by atoms with Gasteiger partial charge in [0.15, 0.2) is 6.10 Å². The maximum absolute atomic E-state index is 12.9. The third-order valence-corrected chi connectivity index (χ3v) is 4.27. The maximum Gasteiger partial charge on any atom is 0.370 e. The summed E-state index contributed by atoms with van der Waals surface area (Å²) in [5.74, 6) is -2.45. The topological polar surface area (TPSA) is 99.2 Å². The van der Waals surface area contributed by atoms with E-state index in [1.54, 1.807) is 24.0 Å². The molecule has 0 aromatic heterocycles. The lowest BCUT2D eigenvalue weighted by molar-refractivity contribution is -0.161. The number of nitrogens with one attached hydrogen (secondary N) is 1. The number of hydrogen-bond donors (Lipinski definition) is 2. The van der Waals surface area contributed by atoms with Gasteiger partial charge in [-0.05, 0) is 19.4 Å². The number of hydrogen-bond acceptors (Lipinski definition) is 5. The van der Waals surface area contributed by atoms with Gasteiger partial charge in [0.05, 0.1) is 6.04 Å². The number of carbonyl (C=O) groups excluding carboxylic acids is 2. The molecule has 0 spiro atoms. The van der Waals surface area contributed by atoms with Crippen molar-refractivity contribution < 1.29 is 24.2 Å². The minimum absolute atomic E-state index is 0.00330. The predicted molar refractivity (Wildman–Crippen MR) is 80.9 cm³/mol. The van der Waals surface area contributed by atoms with Gasteiger partial charge in [0.25, 0.3) is 5.91 Å². The molecule has 1 fully saturated rings. The molecule has 8 nitrogen and oxygen atoms in total. The van der Waals surface area contributed by atoms with Crippen LogP contribution in [0.25, 0.3) is 0 Å². The van der Waals surface area contributed by atoms with Gasteiger partial charge in [-0.15, -0.1) is 0 Å². The Labute approximate surface area is 135 Å². The van der Waals surface area contributed by atoms with Crippen LogP contribution in [-0.4, -0.2) is 64.7 Å². The predicted octanol–water partition coefficient (Wildman–Crippen LogP) is -0.0379. The first-order valence-electron chi connectivity index (χ1n) is 7.65. The van der Waals surface area contributed by atoms with Gasteiger partial charge in [-0.3, -0.25) is 14.6 Å². The third kappa shape index (κ3) is 3.47. The quantitative estimate of drug-likeness (QED) is 0.755. The number of nitrogens with zero attached hydrogens (tertiary/aromatic N) is 2. The molecule has 0 bridgehead atoms. The fourth-order valence-corrected chi connectivity index (χ4v) is 3.09.